The molecule has 2 aromatic carbocycles. The number of benzene rings is 2. The Bertz CT molecular complexity index is 1290. The van der Waals surface area contributed by atoms with E-state index < -0.39 is 41.5 Å². The van der Waals surface area contributed by atoms with Gasteiger partial charge in [0.25, 0.3) is 0 Å². The quantitative estimate of drug-likeness (QED) is 0.414. The van der Waals surface area contributed by atoms with Crippen LogP contribution in [0.2, 0.25) is 0 Å². The van der Waals surface area contributed by atoms with E-state index in [2.05, 4.69) is 11.9 Å². The zero-order chi connectivity index (χ0) is 30.4. The minimum absolute atomic E-state index is 0.0318. The van der Waals surface area contributed by atoms with Crippen LogP contribution in [0.15, 0.2) is 61.2 Å². The number of alkyl carbamates (subject to hydrolysis) is 1. The van der Waals surface area contributed by atoms with E-state index in [9.17, 15) is 23.2 Å². The molecule has 0 saturated carbocycles. The number of ether oxygens (including phenoxy) is 3. The van der Waals surface area contributed by atoms with Gasteiger partial charge in [0.2, 0.25) is 5.91 Å². The van der Waals surface area contributed by atoms with Crippen LogP contribution in [0.5, 0.6) is 5.75 Å². The number of nitrogens with zero attached hydrogens (tertiary/aromatic N) is 2. The first-order valence-corrected chi connectivity index (χ1v) is 13.9. The topological polar surface area (TPSA) is 97.4 Å². The molecule has 11 heteroatoms. The average Bonchev–Trinajstić information content (AvgIpc) is 3.52. The summed E-state index contributed by atoms with van der Waals surface area (Å²) in [5.41, 5.74) is 0.0855. The van der Waals surface area contributed by atoms with Crippen LogP contribution in [0.25, 0.3) is 0 Å². The lowest BCUT2D eigenvalue weighted by Crippen LogP contribution is -2.53. The maximum Gasteiger partial charge on any atom is 0.410 e. The highest BCUT2D eigenvalue weighted by Crippen LogP contribution is 2.37. The van der Waals surface area contributed by atoms with Crippen molar-refractivity contribution < 1.29 is 37.4 Å². The third-order valence-corrected chi connectivity index (χ3v) is 7.20. The first-order chi connectivity index (χ1) is 20.0. The summed E-state index contributed by atoms with van der Waals surface area (Å²) in [6.45, 7) is 9.58. The zero-order valence-electron chi connectivity index (χ0n) is 24.1. The minimum Gasteiger partial charge on any atom is -0.493 e. The predicted octanol–water partition coefficient (Wildman–Crippen LogP) is 5.05. The summed E-state index contributed by atoms with van der Waals surface area (Å²) < 4.78 is 44.0. The number of carbonyl (C=O) groups excluding carboxylic acids is 3. The zero-order valence-corrected chi connectivity index (χ0v) is 24.1. The molecule has 4 atom stereocenters. The molecule has 42 heavy (non-hydrogen) atoms. The third kappa shape index (κ3) is 7.57. The van der Waals surface area contributed by atoms with Crippen LogP contribution in [0, 0.1) is 17.6 Å². The average molecular weight is 586 g/mol. The molecule has 0 aromatic heterocycles. The van der Waals surface area contributed by atoms with Crippen LogP contribution >= 0.6 is 0 Å². The molecular formula is C31H37F2N3O6. The molecule has 2 aromatic rings. The molecule has 0 spiro atoms. The molecule has 3 amide bonds. The maximum absolute atomic E-state index is 13.8. The van der Waals surface area contributed by atoms with Crippen molar-refractivity contribution in [3.8, 4) is 5.75 Å². The Morgan fingerprint density at radius 3 is 2.50 bits per heavy atom. The largest absolute Gasteiger partial charge is 0.493 e. The molecule has 2 aliphatic rings. The summed E-state index contributed by atoms with van der Waals surface area (Å²) >= 11 is 0. The van der Waals surface area contributed by atoms with E-state index in [1.807, 2.05) is 30.3 Å². The van der Waals surface area contributed by atoms with Crippen molar-refractivity contribution in [2.24, 2.45) is 5.92 Å². The smallest absolute Gasteiger partial charge is 0.410 e. The molecule has 2 aliphatic heterocycles. The SMILES string of the molecule is C=CC[C@H](NC(=O)OC(C)(C)C)C(=O)N1CC[C@@H]2[C@H]1[C@@H](COc1ccc(F)c(F)c1)CN2C(=O)OCc1ccccc1. The van der Waals surface area contributed by atoms with Gasteiger partial charge in [0.1, 0.15) is 24.0 Å². The van der Waals surface area contributed by atoms with Gasteiger partial charge in [-0.1, -0.05) is 36.4 Å². The second-order valence-corrected chi connectivity index (χ2v) is 11.4. The number of hydrogen-bond acceptors (Lipinski definition) is 6. The van der Waals surface area contributed by atoms with Gasteiger partial charge in [-0.3, -0.25) is 4.79 Å². The monoisotopic (exact) mass is 585 g/mol. The molecule has 1 N–H and O–H groups in total. The van der Waals surface area contributed by atoms with Crippen molar-refractivity contribution in [3.05, 3.63) is 78.4 Å². The van der Waals surface area contributed by atoms with E-state index in [1.54, 1.807) is 36.6 Å². The van der Waals surface area contributed by atoms with Gasteiger partial charge in [-0.2, -0.15) is 0 Å². The van der Waals surface area contributed by atoms with E-state index in [1.165, 1.54) is 6.07 Å². The second kappa shape index (κ2) is 13.2. The predicted molar refractivity (Wildman–Crippen MR) is 151 cm³/mol. The minimum atomic E-state index is -1.04. The Hall–Kier alpha value is -4.15. The van der Waals surface area contributed by atoms with Crippen LogP contribution < -0.4 is 10.1 Å². The third-order valence-electron chi connectivity index (χ3n) is 7.20. The van der Waals surface area contributed by atoms with Gasteiger partial charge in [0, 0.05) is 25.1 Å². The molecular weight excluding hydrogens is 548 g/mol. The molecule has 0 unspecified atom stereocenters. The van der Waals surface area contributed by atoms with Crippen LogP contribution in [0.1, 0.15) is 39.2 Å². The fraction of sp³-hybridized carbons (Fsp3) is 0.452. The summed E-state index contributed by atoms with van der Waals surface area (Å²) in [7, 11) is 0. The molecule has 226 valence electrons. The Labute approximate surface area is 244 Å². The highest BCUT2D eigenvalue weighted by molar-refractivity contribution is 5.86. The number of likely N-dealkylation sites (tertiary alicyclic amines) is 2. The number of fused-ring (bicyclic) bond motifs is 1. The molecule has 2 heterocycles. The van der Waals surface area contributed by atoms with Crippen molar-refractivity contribution in [2.45, 2.75) is 63.9 Å². The van der Waals surface area contributed by atoms with E-state index in [0.29, 0.717) is 13.0 Å². The summed E-state index contributed by atoms with van der Waals surface area (Å²) in [5, 5.41) is 2.65. The Balaban J connectivity index is 1.52. The Morgan fingerprint density at radius 2 is 1.83 bits per heavy atom. The Kier molecular flexibility index (Phi) is 9.70. The van der Waals surface area contributed by atoms with E-state index >= 15 is 0 Å². The maximum atomic E-state index is 13.8. The van der Waals surface area contributed by atoms with Crippen molar-refractivity contribution in [3.63, 3.8) is 0 Å². The number of rotatable bonds is 9. The molecule has 0 bridgehead atoms. The number of amides is 3. The van der Waals surface area contributed by atoms with Gasteiger partial charge in [-0.05, 0) is 51.3 Å². The molecule has 0 radical (unpaired) electrons. The standard InChI is InChI=1S/C31H37F2N3O6/c1-5-9-25(34-29(38)42-31(2,3)4)28(37)35-15-14-26-27(35)21(19-40-22-12-13-23(32)24(33)16-22)17-36(26)30(39)41-18-20-10-7-6-8-11-20/h5-8,10-13,16,21,25-27H,1,9,14-15,17-19H2,2-4H3,(H,34,38)/t21-,25+,26-,27-/m1/s1. The van der Waals surface area contributed by atoms with Crippen LogP contribution in [0.4, 0.5) is 18.4 Å². The summed E-state index contributed by atoms with van der Waals surface area (Å²) in [5.74, 6) is -2.62. The highest BCUT2D eigenvalue weighted by Gasteiger charge is 2.53. The normalized spacial score (nSPS) is 20.5. The number of hydrogen-bond donors (Lipinski definition) is 1. The van der Waals surface area contributed by atoms with Crippen LogP contribution in [-0.2, 0) is 20.9 Å². The molecule has 9 nitrogen and oxygen atoms in total. The van der Waals surface area contributed by atoms with E-state index in [-0.39, 0.29) is 49.8 Å². The van der Waals surface area contributed by atoms with Crippen molar-refractivity contribution in [1.82, 2.24) is 15.1 Å². The molecule has 4 rings (SSSR count). The lowest BCUT2D eigenvalue weighted by atomic mass is 9.99. The fourth-order valence-corrected chi connectivity index (χ4v) is 5.43. The van der Waals surface area contributed by atoms with Crippen molar-refractivity contribution in [2.75, 3.05) is 19.7 Å². The van der Waals surface area contributed by atoms with Crippen molar-refractivity contribution in [1.29, 1.82) is 0 Å². The van der Waals surface area contributed by atoms with Gasteiger partial charge in [-0.25, -0.2) is 18.4 Å². The summed E-state index contributed by atoms with van der Waals surface area (Å²) in [6, 6.07) is 10.8. The number of carbonyl (C=O) groups is 3. The molecule has 2 fully saturated rings. The van der Waals surface area contributed by atoms with Crippen molar-refractivity contribution >= 4 is 18.1 Å². The van der Waals surface area contributed by atoms with Gasteiger partial charge in [0.15, 0.2) is 11.6 Å². The van der Waals surface area contributed by atoms with E-state index in [4.69, 9.17) is 14.2 Å². The number of nitrogens with one attached hydrogen (secondary N) is 1. The van der Waals surface area contributed by atoms with Gasteiger partial charge >= 0.3 is 12.2 Å². The van der Waals surface area contributed by atoms with Gasteiger partial charge in [-0.15, -0.1) is 6.58 Å². The fourth-order valence-electron chi connectivity index (χ4n) is 5.43. The second-order valence-electron chi connectivity index (χ2n) is 11.4. The van der Waals surface area contributed by atoms with Crippen LogP contribution in [0.3, 0.4) is 0 Å². The Morgan fingerprint density at radius 1 is 1.10 bits per heavy atom. The first-order valence-electron chi connectivity index (χ1n) is 13.9. The van der Waals surface area contributed by atoms with Gasteiger partial charge < -0.3 is 29.3 Å². The lowest BCUT2D eigenvalue weighted by Gasteiger charge is -2.32. The summed E-state index contributed by atoms with van der Waals surface area (Å²) in [4.78, 5) is 42.8. The highest BCUT2D eigenvalue weighted by atomic mass is 19.2. The van der Waals surface area contributed by atoms with Crippen LogP contribution in [-0.4, -0.2) is 71.3 Å². The lowest BCUT2D eigenvalue weighted by molar-refractivity contribution is -0.135. The molecule has 0 aliphatic carbocycles. The van der Waals surface area contributed by atoms with Gasteiger partial charge in [0.05, 0.1) is 18.7 Å². The summed E-state index contributed by atoms with van der Waals surface area (Å²) in [6.07, 6.45) is 0.956. The first kappa shape index (κ1) is 30.8. The molecule has 2 saturated heterocycles. The number of halogens is 2. The van der Waals surface area contributed by atoms with E-state index in [0.717, 1.165) is 17.7 Å².